The fourth-order valence-electron chi connectivity index (χ4n) is 1.56. The van der Waals surface area contributed by atoms with E-state index in [2.05, 4.69) is 15.9 Å². The molecule has 0 spiro atoms. The molecule has 0 aliphatic rings. The molecule has 0 saturated heterocycles. The summed E-state index contributed by atoms with van der Waals surface area (Å²) in [4.78, 5) is 0. The second kappa shape index (κ2) is 5.22. The van der Waals surface area contributed by atoms with Crippen LogP contribution in [0.5, 0.6) is 0 Å². The number of hydrogen-bond donors (Lipinski definition) is 0. The predicted molar refractivity (Wildman–Crippen MR) is 74.5 cm³/mol. The molecule has 0 unspecified atom stereocenters. The summed E-state index contributed by atoms with van der Waals surface area (Å²) in [5.74, 6) is 0. The molecule has 0 aliphatic heterocycles. The topological polar surface area (TPSA) is 0 Å². The van der Waals surface area contributed by atoms with Crippen molar-refractivity contribution >= 4 is 39.1 Å². The van der Waals surface area contributed by atoms with Gasteiger partial charge in [-0.1, -0.05) is 75.5 Å². The minimum Gasteiger partial charge on any atom is -0.0875 e. The van der Waals surface area contributed by atoms with E-state index in [-0.39, 0.29) is 0 Å². The van der Waals surface area contributed by atoms with Gasteiger partial charge in [-0.25, -0.2) is 0 Å². The maximum Gasteiger partial charge on any atom is 0.0539 e. The zero-order chi connectivity index (χ0) is 11.5. The highest BCUT2D eigenvalue weighted by atomic mass is 79.9. The molecule has 2 aromatic carbocycles. The standard InChI is InChI=1S/C13H9BrCl2/c14-8-11-12(15)7-6-10(13(11)16)9-4-2-1-3-5-9/h1-7H,8H2. The first-order chi connectivity index (χ1) is 7.74. The molecule has 0 fully saturated rings. The van der Waals surface area contributed by atoms with Crippen molar-refractivity contribution in [1.82, 2.24) is 0 Å². The van der Waals surface area contributed by atoms with Crippen LogP contribution in [0.25, 0.3) is 11.1 Å². The van der Waals surface area contributed by atoms with Crippen LogP contribution in [0.15, 0.2) is 42.5 Å². The summed E-state index contributed by atoms with van der Waals surface area (Å²) in [6.45, 7) is 0. The van der Waals surface area contributed by atoms with Gasteiger partial charge < -0.3 is 0 Å². The zero-order valence-corrected chi connectivity index (χ0v) is 11.5. The summed E-state index contributed by atoms with van der Waals surface area (Å²) in [5, 5.41) is 2.07. The van der Waals surface area contributed by atoms with Crippen LogP contribution in [0.1, 0.15) is 5.56 Å². The van der Waals surface area contributed by atoms with Gasteiger partial charge in [-0.3, -0.25) is 0 Å². The summed E-state index contributed by atoms with van der Waals surface area (Å²) in [6, 6.07) is 13.9. The second-order valence-electron chi connectivity index (χ2n) is 3.39. The first-order valence-electron chi connectivity index (χ1n) is 4.82. The Labute approximate surface area is 113 Å². The van der Waals surface area contributed by atoms with Gasteiger partial charge in [0, 0.05) is 21.5 Å². The molecule has 0 amide bonds. The lowest BCUT2D eigenvalue weighted by Gasteiger charge is -2.09. The van der Waals surface area contributed by atoms with Crippen molar-refractivity contribution in [3.05, 3.63) is 58.1 Å². The Kier molecular flexibility index (Phi) is 3.91. The number of benzene rings is 2. The van der Waals surface area contributed by atoms with Crippen LogP contribution in [0.2, 0.25) is 10.0 Å². The van der Waals surface area contributed by atoms with E-state index in [1.54, 1.807) is 0 Å². The fourth-order valence-corrected chi connectivity index (χ4v) is 3.08. The quantitative estimate of drug-likeness (QED) is 0.637. The maximum absolute atomic E-state index is 6.33. The van der Waals surface area contributed by atoms with Crippen molar-refractivity contribution in [2.75, 3.05) is 0 Å². The molecule has 16 heavy (non-hydrogen) atoms. The third-order valence-corrected chi connectivity index (χ3v) is 3.75. The van der Waals surface area contributed by atoms with E-state index in [9.17, 15) is 0 Å². The van der Waals surface area contributed by atoms with Crippen molar-refractivity contribution in [3.63, 3.8) is 0 Å². The number of rotatable bonds is 2. The van der Waals surface area contributed by atoms with Gasteiger partial charge in [0.05, 0.1) is 5.02 Å². The molecule has 0 N–H and O–H groups in total. The normalized spacial score (nSPS) is 10.4. The van der Waals surface area contributed by atoms with Crippen LogP contribution in [-0.4, -0.2) is 0 Å². The van der Waals surface area contributed by atoms with Crippen molar-refractivity contribution in [2.45, 2.75) is 5.33 Å². The van der Waals surface area contributed by atoms with Gasteiger partial charge in [0.15, 0.2) is 0 Å². The van der Waals surface area contributed by atoms with E-state index in [4.69, 9.17) is 23.2 Å². The molecule has 0 bridgehead atoms. The van der Waals surface area contributed by atoms with Crippen LogP contribution in [0.4, 0.5) is 0 Å². The van der Waals surface area contributed by atoms with Crippen molar-refractivity contribution in [1.29, 1.82) is 0 Å². The minimum absolute atomic E-state index is 0.658. The average molecular weight is 316 g/mol. The van der Waals surface area contributed by atoms with Gasteiger partial charge >= 0.3 is 0 Å². The molecular formula is C13H9BrCl2. The fraction of sp³-hybridized carbons (Fsp3) is 0.0769. The first kappa shape index (κ1) is 12.0. The van der Waals surface area contributed by atoms with Crippen LogP contribution in [0.3, 0.4) is 0 Å². The molecular weight excluding hydrogens is 307 g/mol. The lowest BCUT2D eigenvalue weighted by atomic mass is 10.0. The zero-order valence-electron chi connectivity index (χ0n) is 8.38. The summed E-state index contributed by atoms with van der Waals surface area (Å²) in [7, 11) is 0. The molecule has 0 heterocycles. The van der Waals surface area contributed by atoms with E-state index in [0.717, 1.165) is 21.7 Å². The Morgan fingerprint density at radius 3 is 2.25 bits per heavy atom. The first-order valence-corrected chi connectivity index (χ1v) is 6.70. The van der Waals surface area contributed by atoms with Gasteiger partial charge in [0.2, 0.25) is 0 Å². The summed E-state index contributed by atoms with van der Waals surface area (Å²) in [5.41, 5.74) is 3.05. The average Bonchev–Trinajstić information content (AvgIpc) is 2.31. The van der Waals surface area contributed by atoms with E-state index in [1.807, 2.05) is 42.5 Å². The molecule has 0 nitrogen and oxygen atoms in total. The molecule has 3 heteroatoms. The van der Waals surface area contributed by atoms with Gasteiger partial charge in [-0.2, -0.15) is 0 Å². The molecule has 0 aliphatic carbocycles. The molecule has 2 aromatic rings. The van der Waals surface area contributed by atoms with Crippen LogP contribution in [-0.2, 0) is 5.33 Å². The smallest absolute Gasteiger partial charge is 0.0539 e. The molecule has 0 saturated carbocycles. The summed E-state index contributed by atoms with van der Waals surface area (Å²) >= 11 is 15.8. The Balaban J connectivity index is 2.59. The second-order valence-corrected chi connectivity index (χ2v) is 4.73. The minimum atomic E-state index is 0.658. The largest absolute Gasteiger partial charge is 0.0875 e. The molecule has 82 valence electrons. The Bertz CT molecular complexity index is 495. The third kappa shape index (κ3) is 2.27. The SMILES string of the molecule is Clc1ccc(-c2ccccc2)c(Cl)c1CBr. The summed E-state index contributed by atoms with van der Waals surface area (Å²) in [6.07, 6.45) is 0. The van der Waals surface area contributed by atoms with Gasteiger partial charge in [-0.05, 0) is 11.6 Å². The van der Waals surface area contributed by atoms with E-state index >= 15 is 0 Å². The Hall–Kier alpha value is -0.500. The molecule has 0 aromatic heterocycles. The van der Waals surface area contributed by atoms with E-state index in [0.29, 0.717) is 10.4 Å². The highest BCUT2D eigenvalue weighted by Crippen LogP contribution is 2.35. The van der Waals surface area contributed by atoms with Crippen molar-refractivity contribution < 1.29 is 0 Å². The van der Waals surface area contributed by atoms with Crippen molar-refractivity contribution in [3.8, 4) is 11.1 Å². The highest BCUT2D eigenvalue weighted by molar-refractivity contribution is 9.08. The van der Waals surface area contributed by atoms with Gasteiger partial charge in [0.1, 0.15) is 0 Å². The van der Waals surface area contributed by atoms with Gasteiger partial charge in [-0.15, -0.1) is 0 Å². The monoisotopic (exact) mass is 314 g/mol. The maximum atomic E-state index is 6.33. The van der Waals surface area contributed by atoms with E-state index < -0.39 is 0 Å². The number of hydrogen-bond acceptors (Lipinski definition) is 0. The van der Waals surface area contributed by atoms with Gasteiger partial charge in [0.25, 0.3) is 0 Å². The molecule has 2 rings (SSSR count). The molecule has 0 atom stereocenters. The van der Waals surface area contributed by atoms with Crippen LogP contribution >= 0.6 is 39.1 Å². The lowest BCUT2D eigenvalue weighted by molar-refractivity contribution is 1.43. The van der Waals surface area contributed by atoms with Crippen LogP contribution in [0, 0.1) is 0 Å². The van der Waals surface area contributed by atoms with E-state index in [1.165, 1.54) is 0 Å². The van der Waals surface area contributed by atoms with Crippen molar-refractivity contribution in [2.24, 2.45) is 0 Å². The van der Waals surface area contributed by atoms with Crippen LogP contribution < -0.4 is 0 Å². The summed E-state index contributed by atoms with van der Waals surface area (Å²) < 4.78 is 0. The highest BCUT2D eigenvalue weighted by Gasteiger charge is 2.10. The third-order valence-electron chi connectivity index (χ3n) is 2.40. The Morgan fingerprint density at radius 1 is 0.938 bits per heavy atom. The predicted octanol–water partition coefficient (Wildman–Crippen LogP) is 5.56. The number of halogens is 3. The lowest BCUT2D eigenvalue weighted by Crippen LogP contribution is -1.87. The molecule has 0 radical (unpaired) electrons. The number of alkyl halides is 1. The Morgan fingerprint density at radius 2 is 1.62 bits per heavy atom.